The minimum absolute atomic E-state index is 0.635. The molecular weight excluding hydrogens is 316 g/mol. The Kier molecular flexibility index (Phi) is 3.70. The zero-order valence-corrected chi connectivity index (χ0v) is 16.7. The summed E-state index contributed by atoms with van der Waals surface area (Å²) in [5, 5.41) is 0. The van der Waals surface area contributed by atoms with E-state index >= 15 is 0 Å². The Morgan fingerprint density at radius 3 is 2.43 bits per heavy atom. The van der Waals surface area contributed by atoms with Crippen LogP contribution >= 0.6 is 23.5 Å². The van der Waals surface area contributed by atoms with Crippen molar-refractivity contribution < 1.29 is 0 Å². The summed E-state index contributed by atoms with van der Waals surface area (Å²) in [5.41, 5.74) is 1.39. The first-order valence-corrected chi connectivity index (χ1v) is 12.3. The second-order valence-electron chi connectivity index (χ2n) is 9.98. The first-order chi connectivity index (χ1) is 11.1. The van der Waals surface area contributed by atoms with E-state index in [1.807, 2.05) is 0 Å². The van der Waals surface area contributed by atoms with Gasteiger partial charge in [0.05, 0.1) is 4.08 Å². The van der Waals surface area contributed by atoms with E-state index in [0.29, 0.717) is 14.9 Å². The number of hydrogen-bond donors (Lipinski definition) is 0. The maximum Gasteiger partial charge on any atom is 0.0647 e. The molecule has 4 aliphatic carbocycles. The Labute approximate surface area is 151 Å². The zero-order chi connectivity index (χ0) is 15.7. The van der Waals surface area contributed by atoms with E-state index < -0.39 is 0 Å². The van der Waals surface area contributed by atoms with Crippen LogP contribution in [-0.2, 0) is 0 Å². The van der Waals surface area contributed by atoms with Gasteiger partial charge in [-0.2, -0.15) is 0 Å². The van der Waals surface area contributed by atoms with Crippen molar-refractivity contribution in [2.45, 2.75) is 82.1 Å². The van der Waals surface area contributed by atoms with Crippen LogP contribution in [0.1, 0.15) is 78.1 Å². The van der Waals surface area contributed by atoms with E-state index in [0.717, 1.165) is 23.7 Å². The molecule has 0 amide bonds. The fourth-order valence-corrected chi connectivity index (χ4v) is 12.1. The molecule has 0 aromatic heterocycles. The van der Waals surface area contributed by atoms with Gasteiger partial charge in [-0.25, -0.2) is 0 Å². The molecule has 4 saturated carbocycles. The zero-order valence-electron chi connectivity index (χ0n) is 15.1. The normalized spacial score (nSPS) is 54.5. The largest absolute Gasteiger partial charge is 0.143 e. The molecule has 1 heterocycles. The molecule has 1 saturated heterocycles. The Hall–Kier alpha value is 0.700. The molecule has 6 atom stereocenters. The third-order valence-corrected chi connectivity index (χ3v) is 12.8. The minimum atomic E-state index is 0.635. The van der Waals surface area contributed by atoms with Crippen LogP contribution in [0, 0.1) is 34.5 Å². The van der Waals surface area contributed by atoms with Gasteiger partial charge in [0.2, 0.25) is 0 Å². The van der Waals surface area contributed by atoms with Crippen LogP contribution in [0.3, 0.4) is 0 Å². The summed E-state index contributed by atoms with van der Waals surface area (Å²) in [6, 6.07) is 0. The lowest BCUT2D eigenvalue weighted by atomic mass is 9.45. The van der Waals surface area contributed by atoms with E-state index in [1.165, 1.54) is 37.2 Å². The van der Waals surface area contributed by atoms with Crippen molar-refractivity contribution in [2.24, 2.45) is 34.5 Å². The number of hydrogen-bond acceptors (Lipinski definition) is 2. The highest BCUT2D eigenvalue weighted by molar-refractivity contribution is 8.21. The molecule has 2 heteroatoms. The van der Waals surface area contributed by atoms with Crippen LogP contribution in [0.2, 0.25) is 0 Å². The fourth-order valence-electron chi connectivity index (χ4n) is 8.12. The van der Waals surface area contributed by atoms with Gasteiger partial charge in [0, 0.05) is 11.5 Å². The second kappa shape index (κ2) is 5.35. The maximum absolute atomic E-state index is 2.73. The quantitative estimate of drug-likeness (QED) is 0.483. The van der Waals surface area contributed by atoms with E-state index in [-0.39, 0.29) is 0 Å². The Morgan fingerprint density at radius 1 is 0.783 bits per heavy atom. The maximum atomic E-state index is 2.73. The number of rotatable bonds is 0. The van der Waals surface area contributed by atoms with Crippen molar-refractivity contribution in [1.29, 1.82) is 0 Å². The average Bonchev–Trinajstić information content (AvgIpc) is 3.13. The topological polar surface area (TPSA) is 0 Å². The predicted octanol–water partition coefficient (Wildman–Crippen LogP) is 6.60. The average molecular weight is 351 g/mol. The van der Waals surface area contributed by atoms with Crippen LogP contribution in [0.4, 0.5) is 0 Å². The summed E-state index contributed by atoms with van der Waals surface area (Å²) >= 11 is 4.77. The lowest BCUT2D eigenvalue weighted by Gasteiger charge is -2.61. The van der Waals surface area contributed by atoms with Gasteiger partial charge in [-0.3, -0.25) is 0 Å². The molecule has 5 fully saturated rings. The monoisotopic (exact) mass is 350 g/mol. The second-order valence-corrected chi connectivity index (χ2v) is 13.1. The molecule has 23 heavy (non-hydrogen) atoms. The molecular formula is C21H34S2. The van der Waals surface area contributed by atoms with Gasteiger partial charge in [0.25, 0.3) is 0 Å². The van der Waals surface area contributed by atoms with Crippen molar-refractivity contribution in [3.05, 3.63) is 0 Å². The van der Waals surface area contributed by atoms with Crippen LogP contribution in [-0.4, -0.2) is 15.6 Å². The van der Waals surface area contributed by atoms with Crippen molar-refractivity contribution >= 4 is 23.5 Å². The molecule has 0 unspecified atom stereocenters. The van der Waals surface area contributed by atoms with Crippen molar-refractivity contribution in [3.8, 4) is 0 Å². The molecule has 0 aromatic carbocycles. The molecule has 0 nitrogen and oxygen atoms in total. The highest BCUT2D eigenvalue weighted by atomic mass is 32.2. The van der Waals surface area contributed by atoms with Gasteiger partial charge >= 0.3 is 0 Å². The van der Waals surface area contributed by atoms with Gasteiger partial charge in [0.1, 0.15) is 0 Å². The van der Waals surface area contributed by atoms with Crippen molar-refractivity contribution in [1.82, 2.24) is 0 Å². The van der Waals surface area contributed by atoms with Gasteiger partial charge in [-0.15, -0.1) is 23.5 Å². The Bertz CT molecular complexity index is 482. The van der Waals surface area contributed by atoms with Crippen LogP contribution in [0.25, 0.3) is 0 Å². The van der Waals surface area contributed by atoms with Crippen molar-refractivity contribution in [2.75, 3.05) is 11.5 Å². The molecule has 0 N–H and O–H groups in total. The fraction of sp³-hybridized carbons (Fsp3) is 1.00. The summed E-state index contributed by atoms with van der Waals surface area (Å²) in [4.78, 5) is 0. The summed E-state index contributed by atoms with van der Waals surface area (Å²) in [5.74, 6) is 7.09. The third-order valence-electron chi connectivity index (χ3n) is 9.16. The van der Waals surface area contributed by atoms with E-state index in [1.54, 1.807) is 38.5 Å². The predicted molar refractivity (Wildman–Crippen MR) is 104 cm³/mol. The summed E-state index contributed by atoms with van der Waals surface area (Å²) in [6.07, 6.45) is 15.4. The standard InChI is InChI=1S/C21H34S2/c1-19-10-8-17-16(7-6-15-5-3-4-9-20(15,17)2)18(19)21(12-11-19)22-13-14-23-21/h15-18H,3-14H2,1-2H3/t15-,16-,17+,18+,19-,20+/m1/s1. The Morgan fingerprint density at radius 2 is 1.61 bits per heavy atom. The molecule has 0 bridgehead atoms. The smallest absolute Gasteiger partial charge is 0.0647 e. The van der Waals surface area contributed by atoms with E-state index in [9.17, 15) is 0 Å². The van der Waals surface area contributed by atoms with Crippen LogP contribution in [0.5, 0.6) is 0 Å². The molecule has 5 rings (SSSR count). The Balaban J connectivity index is 1.52. The van der Waals surface area contributed by atoms with Gasteiger partial charge in [-0.05, 0) is 85.9 Å². The van der Waals surface area contributed by atoms with Crippen molar-refractivity contribution in [3.63, 3.8) is 0 Å². The summed E-state index contributed by atoms with van der Waals surface area (Å²) in [6.45, 7) is 5.42. The van der Waals surface area contributed by atoms with Gasteiger partial charge in [0.15, 0.2) is 0 Å². The molecule has 1 spiro atoms. The first kappa shape index (κ1) is 15.9. The minimum Gasteiger partial charge on any atom is -0.143 e. The highest BCUT2D eigenvalue weighted by Crippen LogP contribution is 2.73. The van der Waals surface area contributed by atoms with E-state index in [4.69, 9.17) is 0 Å². The SMILES string of the molecule is C[C@]12CC[C@H]3[C@@H](CC[C@H]4CCCC[C@@]43C)[C@@H]1C1(CC2)SCCS1. The number of thioether (sulfide) groups is 2. The number of fused-ring (bicyclic) bond motifs is 6. The lowest BCUT2D eigenvalue weighted by Crippen LogP contribution is -2.54. The van der Waals surface area contributed by atoms with E-state index in [2.05, 4.69) is 37.4 Å². The summed E-state index contributed by atoms with van der Waals surface area (Å²) < 4.78 is 0.635. The summed E-state index contributed by atoms with van der Waals surface area (Å²) in [7, 11) is 0. The van der Waals surface area contributed by atoms with Gasteiger partial charge in [-0.1, -0.05) is 26.7 Å². The molecule has 130 valence electrons. The molecule has 5 aliphatic rings. The lowest BCUT2D eigenvalue weighted by molar-refractivity contribution is -0.103. The van der Waals surface area contributed by atoms with Crippen LogP contribution in [0.15, 0.2) is 0 Å². The molecule has 0 aromatic rings. The first-order valence-electron chi connectivity index (χ1n) is 10.4. The van der Waals surface area contributed by atoms with Crippen LogP contribution < -0.4 is 0 Å². The highest BCUT2D eigenvalue weighted by Gasteiger charge is 2.65. The molecule has 0 radical (unpaired) electrons. The molecule has 1 aliphatic heterocycles. The van der Waals surface area contributed by atoms with Gasteiger partial charge < -0.3 is 0 Å². The third kappa shape index (κ3) is 2.12.